The van der Waals surface area contributed by atoms with Crippen LogP contribution >= 0.6 is 0 Å². The predicted molar refractivity (Wildman–Crippen MR) is 49.1 cm³/mol. The molecule has 0 saturated heterocycles. The van der Waals surface area contributed by atoms with Gasteiger partial charge < -0.3 is 5.73 Å². The molecule has 0 amide bonds. The second-order valence-electron chi connectivity index (χ2n) is 3.92. The molecular formula is C8H19NSi. The van der Waals surface area contributed by atoms with Crippen LogP contribution in [0.2, 0.25) is 18.6 Å². The van der Waals surface area contributed by atoms with Crippen LogP contribution in [-0.4, -0.2) is 14.8 Å². The van der Waals surface area contributed by atoms with Crippen LogP contribution in [0.25, 0.3) is 0 Å². The molecule has 0 bridgehead atoms. The van der Waals surface area contributed by atoms with E-state index in [0.717, 1.165) is 5.54 Å². The normalized spacial score (nSPS) is 34.8. The van der Waals surface area contributed by atoms with Crippen molar-refractivity contribution in [3.63, 3.8) is 0 Å². The van der Waals surface area contributed by atoms with Gasteiger partial charge in [0.2, 0.25) is 0 Å². The molecule has 1 fully saturated rings. The Morgan fingerprint density at radius 1 is 1.10 bits per heavy atom. The molecule has 0 atom stereocenters. The molecule has 0 heterocycles. The zero-order chi connectivity index (χ0) is 7.56. The van der Waals surface area contributed by atoms with E-state index >= 15 is 0 Å². The van der Waals surface area contributed by atoms with Gasteiger partial charge in [-0.2, -0.15) is 0 Å². The zero-order valence-electron chi connectivity index (χ0n) is 7.14. The van der Waals surface area contributed by atoms with Crippen molar-refractivity contribution in [2.24, 2.45) is 5.73 Å². The SMILES string of the molecule is C[SiH](C)C1CCC(N)CC1. The van der Waals surface area contributed by atoms with Crippen molar-refractivity contribution in [3.8, 4) is 0 Å². The Kier molecular flexibility index (Phi) is 2.92. The lowest BCUT2D eigenvalue weighted by atomic mass is 9.96. The highest BCUT2D eigenvalue weighted by molar-refractivity contribution is 6.57. The van der Waals surface area contributed by atoms with Crippen molar-refractivity contribution in [3.05, 3.63) is 0 Å². The third-order valence-electron chi connectivity index (χ3n) is 2.76. The van der Waals surface area contributed by atoms with Gasteiger partial charge in [0.05, 0.1) is 0 Å². The molecule has 0 unspecified atom stereocenters. The lowest BCUT2D eigenvalue weighted by molar-refractivity contribution is 0.437. The molecule has 0 aliphatic heterocycles. The van der Waals surface area contributed by atoms with Gasteiger partial charge in [0.25, 0.3) is 0 Å². The highest BCUT2D eigenvalue weighted by Gasteiger charge is 2.20. The van der Waals surface area contributed by atoms with Crippen molar-refractivity contribution in [1.29, 1.82) is 0 Å². The van der Waals surface area contributed by atoms with Crippen LogP contribution in [0, 0.1) is 0 Å². The summed E-state index contributed by atoms with van der Waals surface area (Å²) in [6.45, 7) is 4.92. The highest BCUT2D eigenvalue weighted by atomic mass is 28.3. The molecule has 1 nitrogen and oxygen atoms in total. The summed E-state index contributed by atoms with van der Waals surface area (Å²) in [7, 11) is -0.335. The molecule has 2 N–H and O–H groups in total. The summed E-state index contributed by atoms with van der Waals surface area (Å²) < 4.78 is 0. The molecule has 0 aromatic heterocycles. The fourth-order valence-corrected chi connectivity index (χ4v) is 3.53. The summed E-state index contributed by atoms with van der Waals surface area (Å²) in [6, 6.07) is 0.531. The Balaban J connectivity index is 2.26. The smallest absolute Gasteiger partial charge is 0.0337 e. The van der Waals surface area contributed by atoms with Gasteiger partial charge >= 0.3 is 0 Å². The summed E-state index contributed by atoms with van der Waals surface area (Å²) in [5, 5.41) is 0. The van der Waals surface area contributed by atoms with Crippen LogP contribution in [-0.2, 0) is 0 Å². The van der Waals surface area contributed by atoms with Crippen molar-refractivity contribution in [2.45, 2.75) is 50.4 Å². The summed E-state index contributed by atoms with van der Waals surface area (Å²) >= 11 is 0. The van der Waals surface area contributed by atoms with E-state index in [1.54, 1.807) is 0 Å². The van der Waals surface area contributed by atoms with Crippen molar-refractivity contribution in [1.82, 2.24) is 0 Å². The van der Waals surface area contributed by atoms with Crippen LogP contribution in [0.4, 0.5) is 0 Å². The van der Waals surface area contributed by atoms with Crippen LogP contribution in [0.3, 0.4) is 0 Å². The molecule has 2 heteroatoms. The van der Waals surface area contributed by atoms with Crippen LogP contribution in [0.15, 0.2) is 0 Å². The molecule has 1 saturated carbocycles. The minimum atomic E-state index is -0.335. The summed E-state index contributed by atoms with van der Waals surface area (Å²) in [5.74, 6) is 0. The Morgan fingerprint density at radius 3 is 2.00 bits per heavy atom. The molecule has 0 aromatic rings. The van der Waals surface area contributed by atoms with E-state index in [4.69, 9.17) is 5.73 Å². The Labute approximate surface area is 65.6 Å². The van der Waals surface area contributed by atoms with Crippen molar-refractivity contribution in [2.75, 3.05) is 0 Å². The van der Waals surface area contributed by atoms with E-state index in [9.17, 15) is 0 Å². The van der Waals surface area contributed by atoms with Crippen LogP contribution in [0.5, 0.6) is 0 Å². The largest absolute Gasteiger partial charge is 0.328 e. The first kappa shape index (κ1) is 8.28. The fraction of sp³-hybridized carbons (Fsp3) is 1.00. The van der Waals surface area contributed by atoms with E-state index in [2.05, 4.69) is 13.1 Å². The number of hydrogen-bond acceptors (Lipinski definition) is 1. The molecule has 1 rings (SSSR count). The summed E-state index contributed by atoms with van der Waals surface area (Å²) in [6.07, 6.45) is 5.42. The molecule has 1 aliphatic rings. The lowest BCUT2D eigenvalue weighted by Crippen LogP contribution is -2.28. The van der Waals surface area contributed by atoms with Gasteiger partial charge in [-0.3, -0.25) is 0 Å². The van der Waals surface area contributed by atoms with Gasteiger partial charge in [-0.25, -0.2) is 0 Å². The van der Waals surface area contributed by atoms with Gasteiger partial charge in [0.1, 0.15) is 0 Å². The van der Waals surface area contributed by atoms with Crippen molar-refractivity contribution >= 4 is 8.80 Å². The van der Waals surface area contributed by atoms with Crippen LogP contribution in [0.1, 0.15) is 25.7 Å². The van der Waals surface area contributed by atoms with E-state index in [-0.39, 0.29) is 8.80 Å². The minimum Gasteiger partial charge on any atom is -0.328 e. The van der Waals surface area contributed by atoms with Gasteiger partial charge in [-0.15, -0.1) is 0 Å². The second kappa shape index (κ2) is 3.53. The zero-order valence-corrected chi connectivity index (χ0v) is 8.29. The average Bonchev–Trinajstić information content (AvgIpc) is 1.88. The standard InChI is InChI=1S/C8H19NSi/c1-10(2)8-5-3-7(9)4-6-8/h7-8,10H,3-6,9H2,1-2H3. The third-order valence-corrected chi connectivity index (χ3v) is 5.31. The van der Waals surface area contributed by atoms with E-state index in [1.165, 1.54) is 25.7 Å². The maximum absolute atomic E-state index is 5.81. The Hall–Kier alpha value is 0.177. The van der Waals surface area contributed by atoms with Gasteiger partial charge in [0, 0.05) is 14.8 Å². The summed E-state index contributed by atoms with van der Waals surface area (Å²) in [4.78, 5) is 0. The summed E-state index contributed by atoms with van der Waals surface area (Å²) in [5.41, 5.74) is 6.91. The van der Waals surface area contributed by atoms with Crippen molar-refractivity contribution < 1.29 is 0 Å². The number of rotatable bonds is 1. The molecule has 0 radical (unpaired) electrons. The number of nitrogens with two attached hydrogens (primary N) is 1. The first-order valence-corrected chi connectivity index (χ1v) is 7.43. The predicted octanol–water partition coefficient (Wildman–Crippen LogP) is 1.74. The molecule has 0 aromatic carbocycles. The average molecular weight is 157 g/mol. The van der Waals surface area contributed by atoms with Gasteiger partial charge in [-0.1, -0.05) is 25.9 Å². The molecule has 0 spiro atoms. The van der Waals surface area contributed by atoms with E-state index in [1.807, 2.05) is 0 Å². The molecular weight excluding hydrogens is 138 g/mol. The molecule has 1 aliphatic carbocycles. The Morgan fingerprint density at radius 2 is 1.60 bits per heavy atom. The second-order valence-corrected chi connectivity index (χ2v) is 7.35. The third kappa shape index (κ3) is 2.10. The molecule has 10 heavy (non-hydrogen) atoms. The maximum atomic E-state index is 5.81. The first-order chi connectivity index (χ1) is 4.70. The lowest BCUT2D eigenvalue weighted by Gasteiger charge is -2.27. The number of hydrogen-bond donors (Lipinski definition) is 1. The van der Waals surface area contributed by atoms with E-state index in [0.29, 0.717) is 6.04 Å². The van der Waals surface area contributed by atoms with Gasteiger partial charge in [-0.05, 0) is 18.4 Å². The highest BCUT2D eigenvalue weighted by Crippen LogP contribution is 2.30. The maximum Gasteiger partial charge on any atom is 0.0337 e. The first-order valence-electron chi connectivity index (χ1n) is 4.45. The fourth-order valence-electron chi connectivity index (χ4n) is 1.81. The van der Waals surface area contributed by atoms with E-state index < -0.39 is 0 Å². The minimum absolute atomic E-state index is 0.335. The quantitative estimate of drug-likeness (QED) is 0.577. The van der Waals surface area contributed by atoms with Gasteiger partial charge in [0.15, 0.2) is 0 Å². The topological polar surface area (TPSA) is 26.0 Å². The monoisotopic (exact) mass is 157 g/mol. The van der Waals surface area contributed by atoms with Crippen LogP contribution < -0.4 is 5.73 Å². The molecule has 60 valence electrons. The Bertz CT molecular complexity index is 95.4.